The molecular weight excluding hydrogens is 360 g/mol. The third kappa shape index (κ3) is 4.50. The number of rotatable bonds is 6. The summed E-state index contributed by atoms with van der Waals surface area (Å²) in [7, 11) is 0. The molecular formula is C16H17ClN6OS. The first-order valence-corrected chi connectivity index (χ1v) is 9.44. The summed E-state index contributed by atoms with van der Waals surface area (Å²) in [6.45, 7) is 0. The van der Waals surface area contributed by atoms with Crippen molar-refractivity contribution in [1.82, 2.24) is 20.2 Å². The zero-order valence-electron chi connectivity index (χ0n) is 13.5. The van der Waals surface area contributed by atoms with E-state index in [9.17, 15) is 4.79 Å². The molecule has 3 rings (SSSR count). The molecule has 2 aromatic rings. The van der Waals surface area contributed by atoms with Crippen LogP contribution in [0.3, 0.4) is 0 Å². The minimum Gasteiger partial charge on any atom is -0.326 e. The predicted molar refractivity (Wildman–Crippen MR) is 95.5 cm³/mol. The van der Waals surface area contributed by atoms with Gasteiger partial charge in [-0.05, 0) is 41.5 Å². The summed E-state index contributed by atoms with van der Waals surface area (Å²) in [5, 5.41) is 24.6. The molecule has 1 amide bonds. The fourth-order valence-corrected chi connectivity index (χ4v) is 3.91. The fraction of sp³-hybridized carbons (Fsp3) is 0.438. The van der Waals surface area contributed by atoms with Crippen LogP contribution in [0.25, 0.3) is 0 Å². The van der Waals surface area contributed by atoms with Gasteiger partial charge in [0.1, 0.15) is 6.07 Å². The first-order valence-electron chi connectivity index (χ1n) is 8.07. The van der Waals surface area contributed by atoms with Gasteiger partial charge in [-0.3, -0.25) is 4.79 Å². The van der Waals surface area contributed by atoms with E-state index in [4.69, 9.17) is 16.9 Å². The number of amides is 1. The lowest BCUT2D eigenvalue weighted by Crippen LogP contribution is -2.13. The molecule has 0 radical (unpaired) electrons. The molecule has 25 heavy (non-hydrogen) atoms. The SMILES string of the molecule is N#Cc1ccc(NC(=O)CCSc2nnnn2C2CCCC2)cc1Cl. The largest absolute Gasteiger partial charge is 0.326 e. The van der Waals surface area contributed by atoms with Gasteiger partial charge in [-0.1, -0.05) is 36.2 Å². The second kappa shape index (κ2) is 8.32. The second-order valence-corrected chi connectivity index (χ2v) is 7.27. The first-order chi connectivity index (χ1) is 12.2. The van der Waals surface area contributed by atoms with Gasteiger partial charge >= 0.3 is 0 Å². The average Bonchev–Trinajstić information content (AvgIpc) is 3.26. The van der Waals surface area contributed by atoms with E-state index < -0.39 is 0 Å². The standard InChI is InChI=1S/C16H17ClN6OS/c17-14-9-12(6-5-11(14)10-18)19-15(24)7-8-25-16-20-21-22-23(16)13-3-1-2-4-13/h5-6,9,13H,1-4,7-8H2,(H,19,24). The highest BCUT2D eigenvalue weighted by atomic mass is 35.5. The molecule has 0 bridgehead atoms. The Bertz CT molecular complexity index is 796. The zero-order chi connectivity index (χ0) is 17.6. The number of tetrazole rings is 1. The third-order valence-corrected chi connectivity index (χ3v) is 5.31. The Kier molecular flexibility index (Phi) is 5.89. The highest BCUT2D eigenvalue weighted by molar-refractivity contribution is 7.99. The molecule has 0 atom stereocenters. The number of nitrogens with one attached hydrogen (secondary N) is 1. The number of aromatic nitrogens is 4. The van der Waals surface area contributed by atoms with Crippen LogP contribution in [0.2, 0.25) is 5.02 Å². The van der Waals surface area contributed by atoms with Crippen LogP contribution in [-0.4, -0.2) is 31.9 Å². The van der Waals surface area contributed by atoms with Crippen molar-refractivity contribution in [3.63, 3.8) is 0 Å². The fourth-order valence-electron chi connectivity index (χ4n) is 2.80. The number of nitriles is 1. The van der Waals surface area contributed by atoms with E-state index in [1.807, 2.05) is 10.8 Å². The van der Waals surface area contributed by atoms with Crippen molar-refractivity contribution in [2.24, 2.45) is 0 Å². The van der Waals surface area contributed by atoms with Crippen LogP contribution in [-0.2, 0) is 4.79 Å². The van der Waals surface area contributed by atoms with Gasteiger partial charge in [0, 0.05) is 17.9 Å². The third-order valence-electron chi connectivity index (χ3n) is 4.07. The maximum atomic E-state index is 12.1. The Labute approximate surface area is 154 Å². The number of nitrogens with zero attached hydrogens (tertiary/aromatic N) is 5. The number of hydrogen-bond acceptors (Lipinski definition) is 6. The van der Waals surface area contributed by atoms with Crippen LogP contribution in [0.1, 0.15) is 43.7 Å². The molecule has 1 N–H and O–H groups in total. The van der Waals surface area contributed by atoms with Gasteiger partial charge in [-0.25, -0.2) is 4.68 Å². The molecule has 0 aliphatic heterocycles. The maximum Gasteiger partial charge on any atom is 0.225 e. The number of hydrogen-bond donors (Lipinski definition) is 1. The van der Waals surface area contributed by atoms with E-state index in [0.717, 1.165) is 18.0 Å². The first kappa shape index (κ1) is 17.7. The quantitative estimate of drug-likeness (QED) is 0.775. The molecule has 0 spiro atoms. The van der Waals surface area contributed by atoms with Gasteiger partial charge in [0.2, 0.25) is 11.1 Å². The number of thioether (sulfide) groups is 1. The smallest absolute Gasteiger partial charge is 0.225 e. The van der Waals surface area contributed by atoms with Crippen molar-refractivity contribution in [1.29, 1.82) is 5.26 Å². The van der Waals surface area contributed by atoms with E-state index in [1.165, 1.54) is 24.6 Å². The van der Waals surface area contributed by atoms with Crippen LogP contribution in [0, 0.1) is 11.3 Å². The zero-order valence-corrected chi connectivity index (χ0v) is 15.1. The lowest BCUT2D eigenvalue weighted by Gasteiger charge is -2.10. The van der Waals surface area contributed by atoms with Gasteiger partial charge in [-0.2, -0.15) is 5.26 Å². The van der Waals surface area contributed by atoms with E-state index in [2.05, 4.69) is 20.8 Å². The predicted octanol–water partition coefficient (Wildman–Crippen LogP) is 3.43. The van der Waals surface area contributed by atoms with Gasteiger partial charge in [0.05, 0.1) is 16.6 Å². The van der Waals surface area contributed by atoms with Crippen LogP contribution in [0.15, 0.2) is 23.4 Å². The van der Waals surface area contributed by atoms with Crippen molar-refractivity contribution in [3.8, 4) is 6.07 Å². The molecule has 1 heterocycles. The maximum absolute atomic E-state index is 12.1. The summed E-state index contributed by atoms with van der Waals surface area (Å²) in [6, 6.07) is 7.19. The Morgan fingerprint density at radius 3 is 2.96 bits per heavy atom. The number of benzene rings is 1. The van der Waals surface area contributed by atoms with Gasteiger partial charge in [-0.15, -0.1) is 5.10 Å². The molecule has 1 aromatic carbocycles. The molecule has 1 aliphatic carbocycles. The minimum absolute atomic E-state index is 0.117. The number of halogens is 1. The highest BCUT2D eigenvalue weighted by Gasteiger charge is 2.21. The van der Waals surface area contributed by atoms with Crippen molar-refractivity contribution >= 4 is 35.0 Å². The van der Waals surface area contributed by atoms with Crippen LogP contribution < -0.4 is 5.32 Å². The number of carbonyl (C=O) groups excluding carboxylic acids is 1. The van der Waals surface area contributed by atoms with Crippen LogP contribution >= 0.6 is 23.4 Å². The molecule has 1 aliphatic rings. The summed E-state index contributed by atoms with van der Waals surface area (Å²) in [6.07, 6.45) is 4.98. The molecule has 1 aromatic heterocycles. The van der Waals surface area contributed by atoms with Gasteiger partial charge in [0.15, 0.2) is 0 Å². The Morgan fingerprint density at radius 2 is 2.24 bits per heavy atom. The summed E-state index contributed by atoms with van der Waals surface area (Å²) in [5.74, 6) is 0.469. The lowest BCUT2D eigenvalue weighted by atomic mass is 10.2. The van der Waals surface area contributed by atoms with E-state index in [-0.39, 0.29) is 5.91 Å². The summed E-state index contributed by atoms with van der Waals surface area (Å²) in [5.41, 5.74) is 0.962. The molecule has 9 heteroatoms. The van der Waals surface area contributed by atoms with Crippen molar-refractivity contribution in [2.75, 3.05) is 11.1 Å². The molecule has 130 valence electrons. The van der Waals surface area contributed by atoms with Crippen molar-refractivity contribution in [3.05, 3.63) is 28.8 Å². The molecule has 0 unspecified atom stereocenters. The monoisotopic (exact) mass is 376 g/mol. The Balaban J connectivity index is 1.49. The minimum atomic E-state index is -0.117. The highest BCUT2D eigenvalue weighted by Crippen LogP contribution is 2.31. The Hall–Kier alpha value is -2.11. The van der Waals surface area contributed by atoms with Crippen molar-refractivity contribution < 1.29 is 4.79 Å². The molecule has 1 fully saturated rings. The van der Waals surface area contributed by atoms with Gasteiger partial charge in [0.25, 0.3) is 0 Å². The molecule has 0 saturated heterocycles. The van der Waals surface area contributed by atoms with E-state index in [1.54, 1.807) is 18.2 Å². The number of carbonyl (C=O) groups is 1. The summed E-state index contributed by atoms with van der Waals surface area (Å²) >= 11 is 7.45. The molecule has 1 saturated carbocycles. The lowest BCUT2D eigenvalue weighted by molar-refractivity contribution is -0.115. The average molecular weight is 377 g/mol. The summed E-state index contributed by atoms with van der Waals surface area (Å²) in [4.78, 5) is 12.1. The Morgan fingerprint density at radius 1 is 1.44 bits per heavy atom. The van der Waals surface area contributed by atoms with E-state index in [0.29, 0.717) is 34.5 Å². The summed E-state index contributed by atoms with van der Waals surface area (Å²) < 4.78 is 1.88. The second-order valence-electron chi connectivity index (χ2n) is 5.80. The van der Waals surface area contributed by atoms with E-state index >= 15 is 0 Å². The van der Waals surface area contributed by atoms with Crippen molar-refractivity contribution in [2.45, 2.75) is 43.3 Å². The van der Waals surface area contributed by atoms with Crippen LogP contribution in [0.4, 0.5) is 5.69 Å². The molecule has 7 nitrogen and oxygen atoms in total. The number of anilines is 1. The topological polar surface area (TPSA) is 96.5 Å². The normalized spacial score (nSPS) is 14.4. The van der Waals surface area contributed by atoms with Crippen LogP contribution in [0.5, 0.6) is 0 Å². The van der Waals surface area contributed by atoms with Gasteiger partial charge < -0.3 is 5.32 Å².